The van der Waals surface area contributed by atoms with E-state index in [0.29, 0.717) is 46.7 Å². The van der Waals surface area contributed by atoms with Crippen LogP contribution in [0.25, 0.3) is 0 Å². The molecule has 2 aromatic heterocycles. The minimum atomic E-state index is -0.455. The number of benzene rings is 1. The van der Waals surface area contributed by atoms with Crippen LogP contribution in [0.3, 0.4) is 0 Å². The van der Waals surface area contributed by atoms with E-state index in [1.54, 1.807) is 13.8 Å². The van der Waals surface area contributed by atoms with Gasteiger partial charge in [0.05, 0.1) is 22.8 Å². The Hall–Kier alpha value is -4.66. The highest BCUT2D eigenvalue weighted by Crippen LogP contribution is 2.26. The van der Waals surface area contributed by atoms with Gasteiger partial charge in [0.15, 0.2) is 6.29 Å². The number of carbonyl (C=O) groups is 3. The number of unbranched alkanes of at least 4 members (excludes halogenated alkanes) is 3. The van der Waals surface area contributed by atoms with Crippen molar-refractivity contribution in [1.29, 1.82) is 0 Å². The van der Waals surface area contributed by atoms with Gasteiger partial charge in [-0.1, -0.05) is 24.2 Å². The number of aryl methyl sites for hydroxylation is 2. The van der Waals surface area contributed by atoms with Crippen molar-refractivity contribution in [3.05, 3.63) is 57.0 Å². The van der Waals surface area contributed by atoms with Crippen LogP contribution in [0.5, 0.6) is 0 Å². The second-order valence-corrected chi connectivity index (χ2v) is 10.5. The summed E-state index contributed by atoms with van der Waals surface area (Å²) in [5.74, 6) is 0.107. The number of aromatic nitrogens is 3. The Labute approximate surface area is 253 Å². The summed E-state index contributed by atoms with van der Waals surface area (Å²) in [4.78, 5) is 59.6. The number of azo groups is 1. The van der Waals surface area contributed by atoms with E-state index in [2.05, 4.69) is 46.0 Å². The van der Waals surface area contributed by atoms with Crippen LogP contribution in [0.15, 0.2) is 45.4 Å². The first-order valence-electron chi connectivity index (χ1n) is 14.0. The van der Waals surface area contributed by atoms with Gasteiger partial charge in [-0.05, 0) is 57.9 Å². The molecular formula is C28H37N9O5S. The Kier molecular flexibility index (Phi) is 13.2. The van der Waals surface area contributed by atoms with Gasteiger partial charge in [0, 0.05) is 37.1 Å². The first kappa shape index (κ1) is 32.8. The summed E-state index contributed by atoms with van der Waals surface area (Å²) in [6.07, 6.45) is 3.65. The number of alkyl carbamates (subject to hydrolysis) is 1. The second-order valence-electron chi connectivity index (χ2n) is 9.47. The van der Waals surface area contributed by atoms with Crippen molar-refractivity contribution in [3.8, 4) is 0 Å². The van der Waals surface area contributed by atoms with Gasteiger partial charge in [-0.15, -0.1) is 10.2 Å². The summed E-state index contributed by atoms with van der Waals surface area (Å²) in [5, 5.41) is 16.7. The van der Waals surface area contributed by atoms with Gasteiger partial charge in [0.25, 0.3) is 5.56 Å². The third-order valence-corrected chi connectivity index (χ3v) is 7.11. The highest BCUT2D eigenvalue weighted by Gasteiger charge is 2.09. The zero-order valence-corrected chi connectivity index (χ0v) is 25.3. The third kappa shape index (κ3) is 11.6. The summed E-state index contributed by atoms with van der Waals surface area (Å²) in [7, 11) is 0. The normalized spacial score (nSPS) is 10.9. The summed E-state index contributed by atoms with van der Waals surface area (Å²) in [6.45, 7) is 7.98. The number of urea groups is 1. The SMILES string of the molecule is CCN(CCOC(=O)NCCCCCCNC(=O)Nc1nc(=O)cc(C)[nH]1)c1ccc(/N=N/c2nc(C)c(C=O)s2)cc1. The van der Waals surface area contributed by atoms with Gasteiger partial charge in [-0.2, -0.15) is 4.98 Å². The molecule has 1 aromatic carbocycles. The number of hydrogen-bond donors (Lipinski definition) is 4. The summed E-state index contributed by atoms with van der Waals surface area (Å²) in [6, 6.07) is 8.44. The Balaban J connectivity index is 1.24. The lowest BCUT2D eigenvalue weighted by molar-refractivity contribution is 0.112. The van der Waals surface area contributed by atoms with Gasteiger partial charge in [-0.25, -0.2) is 14.6 Å². The number of rotatable bonds is 16. The Bertz CT molecular complexity index is 1440. The minimum Gasteiger partial charge on any atom is -0.448 e. The highest BCUT2D eigenvalue weighted by molar-refractivity contribution is 7.17. The number of hydrogen-bond acceptors (Lipinski definition) is 11. The molecule has 15 heteroatoms. The van der Waals surface area contributed by atoms with Crippen LogP contribution in [-0.4, -0.2) is 66.1 Å². The summed E-state index contributed by atoms with van der Waals surface area (Å²) in [5.41, 5.74) is 2.45. The number of aldehydes is 1. The maximum Gasteiger partial charge on any atom is 0.407 e. The lowest BCUT2D eigenvalue weighted by Gasteiger charge is -2.23. The average molecular weight is 612 g/mol. The molecule has 0 aliphatic heterocycles. The molecule has 0 aliphatic carbocycles. The molecule has 0 unspecified atom stereocenters. The number of amides is 3. The molecule has 14 nitrogen and oxygen atoms in total. The fourth-order valence-corrected chi connectivity index (χ4v) is 4.63. The monoisotopic (exact) mass is 611 g/mol. The molecule has 0 bridgehead atoms. The summed E-state index contributed by atoms with van der Waals surface area (Å²) < 4.78 is 5.33. The molecule has 3 aromatic rings. The highest BCUT2D eigenvalue weighted by atomic mass is 32.1. The fraction of sp³-hybridized carbons (Fsp3) is 0.429. The molecule has 2 heterocycles. The van der Waals surface area contributed by atoms with Gasteiger partial charge in [0.2, 0.25) is 11.1 Å². The van der Waals surface area contributed by atoms with Gasteiger partial charge in [0.1, 0.15) is 6.61 Å². The van der Waals surface area contributed by atoms with Crippen molar-refractivity contribution in [2.75, 3.05) is 43.0 Å². The largest absolute Gasteiger partial charge is 0.448 e. The molecule has 0 saturated carbocycles. The smallest absolute Gasteiger partial charge is 0.407 e. The average Bonchev–Trinajstić information content (AvgIpc) is 3.34. The lowest BCUT2D eigenvalue weighted by Crippen LogP contribution is -2.31. The lowest BCUT2D eigenvalue weighted by atomic mass is 10.2. The molecule has 0 aliphatic rings. The molecule has 0 radical (unpaired) electrons. The van der Waals surface area contributed by atoms with E-state index in [9.17, 15) is 19.2 Å². The Morgan fingerprint density at radius 3 is 2.42 bits per heavy atom. The van der Waals surface area contributed by atoms with E-state index < -0.39 is 17.7 Å². The van der Waals surface area contributed by atoms with E-state index in [-0.39, 0.29) is 12.6 Å². The number of thiazole rings is 1. The van der Waals surface area contributed by atoms with Crippen LogP contribution < -0.4 is 26.4 Å². The Morgan fingerprint density at radius 2 is 1.77 bits per heavy atom. The van der Waals surface area contributed by atoms with E-state index in [0.717, 1.165) is 44.2 Å². The summed E-state index contributed by atoms with van der Waals surface area (Å²) >= 11 is 1.19. The van der Waals surface area contributed by atoms with Crippen molar-refractivity contribution < 1.29 is 19.1 Å². The number of aromatic amines is 1. The van der Waals surface area contributed by atoms with E-state index in [1.807, 2.05) is 31.2 Å². The van der Waals surface area contributed by atoms with Gasteiger partial charge in [-0.3, -0.25) is 14.9 Å². The van der Waals surface area contributed by atoms with Crippen molar-refractivity contribution >= 4 is 52.2 Å². The van der Waals surface area contributed by atoms with Crippen LogP contribution in [-0.2, 0) is 4.74 Å². The predicted octanol–water partition coefficient (Wildman–Crippen LogP) is 5.01. The fourth-order valence-electron chi connectivity index (χ4n) is 3.93. The first-order chi connectivity index (χ1) is 20.8. The maximum atomic E-state index is 12.0. The molecule has 0 atom stereocenters. The molecule has 0 fully saturated rings. The maximum absolute atomic E-state index is 12.0. The topological polar surface area (TPSA) is 183 Å². The predicted molar refractivity (Wildman–Crippen MR) is 165 cm³/mol. The molecule has 4 N–H and O–H groups in total. The van der Waals surface area contributed by atoms with Crippen LogP contribution in [0.4, 0.5) is 32.0 Å². The van der Waals surface area contributed by atoms with Crippen LogP contribution in [0.2, 0.25) is 0 Å². The number of nitrogens with zero attached hydrogens (tertiary/aromatic N) is 5. The zero-order chi connectivity index (χ0) is 31.0. The number of likely N-dealkylation sites (N-methyl/N-ethyl adjacent to an activating group) is 1. The van der Waals surface area contributed by atoms with Crippen LogP contribution in [0, 0.1) is 13.8 Å². The Morgan fingerprint density at radius 1 is 1.05 bits per heavy atom. The first-order valence-corrected chi connectivity index (χ1v) is 14.8. The van der Waals surface area contributed by atoms with Crippen LogP contribution in [0.1, 0.15) is 53.7 Å². The van der Waals surface area contributed by atoms with E-state index >= 15 is 0 Å². The molecular weight excluding hydrogens is 574 g/mol. The molecule has 0 saturated heterocycles. The van der Waals surface area contributed by atoms with Crippen molar-refractivity contribution in [1.82, 2.24) is 25.6 Å². The molecule has 230 valence electrons. The molecule has 0 spiro atoms. The number of anilines is 2. The van der Waals surface area contributed by atoms with E-state index in [4.69, 9.17) is 4.74 Å². The molecule has 3 rings (SSSR count). The number of H-pyrrole nitrogens is 1. The van der Waals surface area contributed by atoms with Crippen molar-refractivity contribution in [2.24, 2.45) is 10.2 Å². The van der Waals surface area contributed by atoms with Gasteiger partial charge >= 0.3 is 12.1 Å². The van der Waals surface area contributed by atoms with Crippen molar-refractivity contribution in [3.63, 3.8) is 0 Å². The minimum absolute atomic E-state index is 0.107. The van der Waals surface area contributed by atoms with E-state index in [1.165, 1.54) is 17.4 Å². The third-order valence-electron chi connectivity index (χ3n) is 6.14. The number of nitrogens with one attached hydrogen (secondary N) is 4. The van der Waals surface area contributed by atoms with Gasteiger partial charge < -0.3 is 25.3 Å². The second kappa shape index (κ2) is 17.3. The van der Waals surface area contributed by atoms with Crippen LogP contribution >= 0.6 is 11.3 Å². The molecule has 3 amide bonds. The molecule has 43 heavy (non-hydrogen) atoms. The number of carbonyl (C=O) groups excluding carboxylic acids is 3. The standard InChI is InChI=1S/C28H37N9O5S/c1-4-37(22-11-9-21(10-12-22)35-36-27-32-20(3)23(18-38)43-27)15-16-42-28(41)30-14-8-6-5-7-13-29-26(40)34-25-31-19(2)17-24(39)33-25/h9-12,17-18H,4-8,13-16H2,1-3H3,(H,30,41)(H3,29,31,33,34,39,40)/b36-35+. The van der Waals surface area contributed by atoms with Crippen molar-refractivity contribution in [2.45, 2.75) is 46.5 Å². The zero-order valence-electron chi connectivity index (χ0n) is 24.5. The number of ether oxygens (including phenoxy) is 1. The quantitative estimate of drug-likeness (QED) is 0.0990.